The minimum Gasteiger partial charge on any atom is -0.319 e. The summed E-state index contributed by atoms with van der Waals surface area (Å²) in [6, 6.07) is 12.8. The highest BCUT2D eigenvalue weighted by molar-refractivity contribution is 7.99. The van der Waals surface area contributed by atoms with Crippen LogP contribution < -0.4 is 10.00 Å². The molecule has 138 valence electrons. The maximum atomic E-state index is 12.4. The molecule has 0 spiro atoms. The smallest absolute Gasteiger partial charge is 0.319 e. The van der Waals surface area contributed by atoms with Gasteiger partial charge in [0.2, 0.25) is 12.2 Å². The predicted molar refractivity (Wildman–Crippen MR) is 102 cm³/mol. The Morgan fingerprint density at radius 3 is 2.74 bits per heavy atom. The molecular formula is C18H18N5O3S+. The second-order valence-electron chi connectivity index (χ2n) is 5.91. The Morgan fingerprint density at radius 1 is 1.30 bits per heavy atom. The number of amides is 1. The number of para-hydroxylation sites is 1. The Hall–Kier alpha value is -3.20. The van der Waals surface area contributed by atoms with Gasteiger partial charge in [-0.1, -0.05) is 24.3 Å². The van der Waals surface area contributed by atoms with Crippen molar-refractivity contribution in [3.05, 3.63) is 70.0 Å². The van der Waals surface area contributed by atoms with Crippen LogP contribution >= 0.6 is 11.8 Å². The van der Waals surface area contributed by atoms with Gasteiger partial charge in [-0.05, 0) is 53.9 Å². The minimum absolute atomic E-state index is 0.0716. The van der Waals surface area contributed by atoms with Crippen LogP contribution in [-0.2, 0) is 4.79 Å². The quantitative estimate of drug-likeness (QED) is 0.294. The minimum atomic E-state index is -0.486. The van der Waals surface area contributed by atoms with Gasteiger partial charge in [-0.15, -0.1) is 4.68 Å². The summed E-state index contributed by atoms with van der Waals surface area (Å²) < 4.78 is 1.76. The molecule has 0 atom stereocenters. The summed E-state index contributed by atoms with van der Waals surface area (Å²) in [6.07, 6.45) is 1.54. The molecule has 1 heterocycles. The number of thioether (sulfide) groups is 1. The molecule has 8 nitrogen and oxygen atoms in total. The highest BCUT2D eigenvalue weighted by Crippen LogP contribution is 2.29. The zero-order chi connectivity index (χ0) is 19.4. The molecule has 1 amide bonds. The molecule has 0 saturated heterocycles. The molecule has 27 heavy (non-hydrogen) atoms. The average molecular weight is 384 g/mol. The van der Waals surface area contributed by atoms with Crippen molar-refractivity contribution in [1.29, 1.82) is 0 Å². The van der Waals surface area contributed by atoms with Crippen molar-refractivity contribution in [1.82, 2.24) is 10.1 Å². The second-order valence-corrected chi connectivity index (χ2v) is 6.85. The zero-order valence-electron chi connectivity index (χ0n) is 14.8. The average Bonchev–Trinajstić information content (AvgIpc) is 3.11. The van der Waals surface area contributed by atoms with E-state index in [4.69, 9.17) is 0 Å². The molecule has 0 aliphatic heterocycles. The number of aryl methyl sites for hydroxylation is 2. The number of H-pyrrole nitrogens is 1. The Bertz CT molecular complexity index is 988. The number of aromatic nitrogens is 3. The maximum Gasteiger partial charge on any atom is 0.385 e. The summed E-state index contributed by atoms with van der Waals surface area (Å²) in [4.78, 5) is 27.4. The van der Waals surface area contributed by atoms with E-state index in [9.17, 15) is 14.9 Å². The number of nitrogens with one attached hydrogen (secondary N) is 2. The standard InChI is InChI=1S/C18H17N5O3S/c1-12-8-13(2)17(15(9-12)23(25)26)21-16(24)10-27-18-19-11-20-22(18)14-6-4-3-5-7-14/h3-9,11H,10H2,1-2H3,(H,21,24)/p+1. The van der Waals surface area contributed by atoms with Gasteiger partial charge in [0, 0.05) is 6.07 Å². The van der Waals surface area contributed by atoms with E-state index in [0.29, 0.717) is 10.7 Å². The first kappa shape index (κ1) is 18.6. The molecule has 0 radical (unpaired) electrons. The lowest BCUT2D eigenvalue weighted by Crippen LogP contribution is -2.35. The van der Waals surface area contributed by atoms with Crippen LogP contribution in [0, 0.1) is 24.0 Å². The van der Waals surface area contributed by atoms with Gasteiger partial charge in [0.1, 0.15) is 5.69 Å². The second kappa shape index (κ2) is 8.00. The molecule has 0 saturated carbocycles. The van der Waals surface area contributed by atoms with Crippen molar-refractivity contribution in [3.63, 3.8) is 0 Å². The number of rotatable bonds is 6. The van der Waals surface area contributed by atoms with Gasteiger partial charge < -0.3 is 5.32 Å². The summed E-state index contributed by atoms with van der Waals surface area (Å²) >= 11 is 1.24. The number of carbonyl (C=O) groups is 1. The van der Waals surface area contributed by atoms with Crippen LogP contribution in [0.25, 0.3) is 5.69 Å². The molecule has 0 aliphatic carbocycles. The van der Waals surface area contributed by atoms with E-state index in [1.54, 1.807) is 30.9 Å². The van der Waals surface area contributed by atoms with Gasteiger partial charge in [0.05, 0.1) is 10.7 Å². The summed E-state index contributed by atoms with van der Waals surface area (Å²) in [7, 11) is 0. The van der Waals surface area contributed by atoms with Gasteiger partial charge in [0.25, 0.3) is 5.69 Å². The first-order chi connectivity index (χ1) is 13.0. The molecule has 3 aromatic rings. The number of hydrogen-bond donors (Lipinski definition) is 2. The fraction of sp³-hybridized carbons (Fsp3) is 0.167. The Balaban J connectivity index is 1.72. The normalized spacial score (nSPS) is 10.6. The Kier molecular flexibility index (Phi) is 5.51. The Labute approximate surface area is 159 Å². The third-order valence-corrected chi connectivity index (χ3v) is 4.77. The van der Waals surface area contributed by atoms with Crippen LogP contribution in [0.3, 0.4) is 0 Å². The van der Waals surface area contributed by atoms with Crippen LogP contribution in [0.15, 0.2) is 53.9 Å². The van der Waals surface area contributed by atoms with Crippen LogP contribution in [-0.4, -0.2) is 26.7 Å². The molecule has 1 aromatic heterocycles. The van der Waals surface area contributed by atoms with E-state index in [2.05, 4.69) is 15.4 Å². The first-order valence-corrected chi connectivity index (χ1v) is 9.13. The molecular weight excluding hydrogens is 366 g/mol. The van der Waals surface area contributed by atoms with Crippen LogP contribution in [0.5, 0.6) is 0 Å². The molecule has 0 unspecified atom stereocenters. The molecule has 2 N–H and O–H groups in total. The lowest BCUT2D eigenvalue weighted by atomic mass is 10.1. The molecule has 9 heteroatoms. The van der Waals surface area contributed by atoms with Crippen molar-refractivity contribution >= 4 is 29.0 Å². The van der Waals surface area contributed by atoms with Crippen molar-refractivity contribution < 1.29 is 14.4 Å². The van der Waals surface area contributed by atoms with Crippen LogP contribution in [0.4, 0.5) is 11.4 Å². The van der Waals surface area contributed by atoms with E-state index < -0.39 is 4.92 Å². The van der Waals surface area contributed by atoms with E-state index in [1.807, 2.05) is 30.3 Å². The van der Waals surface area contributed by atoms with Gasteiger partial charge >= 0.3 is 5.16 Å². The van der Waals surface area contributed by atoms with Crippen molar-refractivity contribution in [2.45, 2.75) is 19.0 Å². The maximum absolute atomic E-state index is 12.4. The number of aromatic amines is 1. The fourth-order valence-electron chi connectivity index (χ4n) is 2.68. The number of anilines is 1. The van der Waals surface area contributed by atoms with Crippen LogP contribution in [0.1, 0.15) is 11.1 Å². The van der Waals surface area contributed by atoms with Crippen LogP contribution in [0.2, 0.25) is 0 Å². The SMILES string of the molecule is Cc1cc(C)c(NC(=O)CSc2nc[nH][n+]2-c2ccccc2)c([N+](=O)[O-])c1. The van der Waals surface area contributed by atoms with E-state index in [-0.39, 0.29) is 23.0 Å². The summed E-state index contributed by atoms with van der Waals surface area (Å²) in [5.41, 5.74) is 2.44. The number of nitro groups is 1. The highest BCUT2D eigenvalue weighted by Gasteiger charge is 2.22. The molecule has 0 aliphatic rings. The van der Waals surface area contributed by atoms with Crippen molar-refractivity contribution in [2.75, 3.05) is 11.1 Å². The number of nitro benzene ring substituents is 1. The van der Waals surface area contributed by atoms with E-state index in [0.717, 1.165) is 11.3 Å². The van der Waals surface area contributed by atoms with Gasteiger partial charge in [-0.2, -0.15) is 5.10 Å². The summed E-state index contributed by atoms with van der Waals surface area (Å²) in [5, 5.41) is 17.6. The number of hydrogen-bond acceptors (Lipinski definition) is 5. The topological polar surface area (TPSA) is 105 Å². The fourth-order valence-corrected chi connectivity index (χ4v) is 3.42. The molecule has 2 aromatic carbocycles. The largest absolute Gasteiger partial charge is 0.385 e. The summed E-state index contributed by atoms with van der Waals surface area (Å²) in [5.74, 6) is -0.264. The monoisotopic (exact) mass is 384 g/mol. The van der Waals surface area contributed by atoms with Gasteiger partial charge in [0.15, 0.2) is 5.69 Å². The Morgan fingerprint density at radius 2 is 2.04 bits per heavy atom. The van der Waals surface area contributed by atoms with Gasteiger partial charge in [-0.25, -0.2) is 0 Å². The molecule has 0 fully saturated rings. The molecule has 0 bridgehead atoms. The first-order valence-electron chi connectivity index (χ1n) is 8.15. The third kappa shape index (κ3) is 4.32. The van der Waals surface area contributed by atoms with E-state index >= 15 is 0 Å². The molecule has 3 rings (SSSR count). The summed E-state index contributed by atoms with van der Waals surface area (Å²) in [6.45, 7) is 3.52. The van der Waals surface area contributed by atoms with Gasteiger partial charge in [-0.3, -0.25) is 14.9 Å². The third-order valence-electron chi connectivity index (χ3n) is 3.82. The number of nitrogens with zero attached hydrogens (tertiary/aromatic N) is 3. The van der Waals surface area contributed by atoms with Crippen molar-refractivity contribution in [3.8, 4) is 5.69 Å². The van der Waals surface area contributed by atoms with E-state index in [1.165, 1.54) is 17.8 Å². The lowest BCUT2D eigenvalue weighted by Gasteiger charge is -2.09. The number of carbonyl (C=O) groups excluding carboxylic acids is 1. The lowest BCUT2D eigenvalue weighted by molar-refractivity contribution is -0.694. The predicted octanol–water partition coefficient (Wildman–Crippen LogP) is 2.94. The highest BCUT2D eigenvalue weighted by atomic mass is 32.2. The van der Waals surface area contributed by atoms with Crippen molar-refractivity contribution in [2.24, 2.45) is 0 Å². The number of benzene rings is 2. The zero-order valence-corrected chi connectivity index (χ0v) is 15.6.